The number of aromatic hydroxyl groups is 1. The summed E-state index contributed by atoms with van der Waals surface area (Å²) in [5, 5.41) is 13.3. The Balaban J connectivity index is 2.19. The molecule has 0 fully saturated rings. The quantitative estimate of drug-likeness (QED) is 0.806. The summed E-state index contributed by atoms with van der Waals surface area (Å²) < 4.78 is 5.81. The van der Waals surface area contributed by atoms with Crippen LogP contribution in [0.25, 0.3) is 0 Å². The van der Waals surface area contributed by atoms with Gasteiger partial charge in [0, 0.05) is 12.2 Å². The third-order valence-corrected chi connectivity index (χ3v) is 3.98. The van der Waals surface area contributed by atoms with Gasteiger partial charge >= 0.3 is 0 Å². The minimum Gasteiger partial charge on any atom is -0.503 e. The van der Waals surface area contributed by atoms with E-state index in [1.165, 1.54) is 5.56 Å². The number of benzene rings is 2. The van der Waals surface area contributed by atoms with E-state index in [0.29, 0.717) is 22.7 Å². The Morgan fingerprint density at radius 2 is 1.95 bits per heavy atom. The van der Waals surface area contributed by atoms with Crippen LogP contribution >= 0.6 is 15.9 Å². The van der Waals surface area contributed by atoms with E-state index in [2.05, 4.69) is 53.3 Å². The summed E-state index contributed by atoms with van der Waals surface area (Å²) in [6.45, 7) is 5.03. The molecule has 0 amide bonds. The fourth-order valence-electron chi connectivity index (χ4n) is 2.24. The number of anilines is 1. The standard InChI is InChI=1S/C17H20BrNO2/c1-11(2)13-6-4-5-7-15(13)19-10-12-8-14(18)17(20)16(9-12)21-3/h4-9,11,19-20H,10H2,1-3H3. The molecule has 4 heteroatoms. The molecule has 0 aliphatic rings. The van der Waals surface area contributed by atoms with E-state index in [1.54, 1.807) is 7.11 Å². The zero-order chi connectivity index (χ0) is 15.4. The summed E-state index contributed by atoms with van der Waals surface area (Å²) in [7, 11) is 1.55. The molecule has 2 aromatic carbocycles. The van der Waals surface area contributed by atoms with Crippen LogP contribution in [0.3, 0.4) is 0 Å². The van der Waals surface area contributed by atoms with Gasteiger partial charge < -0.3 is 15.2 Å². The average molecular weight is 350 g/mol. The Bertz CT molecular complexity index is 626. The van der Waals surface area contributed by atoms with E-state index in [1.807, 2.05) is 18.2 Å². The van der Waals surface area contributed by atoms with Gasteiger partial charge in [0.1, 0.15) is 0 Å². The molecule has 3 nitrogen and oxygen atoms in total. The Morgan fingerprint density at radius 3 is 2.62 bits per heavy atom. The van der Waals surface area contributed by atoms with Gasteiger partial charge in [-0.3, -0.25) is 0 Å². The lowest BCUT2D eigenvalue weighted by atomic mass is 10.0. The van der Waals surface area contributed by atoms with Crippen LogP contribution in [0.1, 0.15) is 30.9 Å². The fourth-order valence-corrected chi connectivity index (χ4v) is 2.73. The van der Waals surface area contributed by atoms with E-state index in [-0.39, 0.29) is 5.75 Å². The second-order valence-electron chi connectivity index (χ2n) is 5.22. The van der Waals surface area contributed by atoms with Gasteiger partial charge in [0.25, 0.3) is 0 Å². The lowest BCUT2D eigenvalue weighted by Crippen LogP contribution is -2.03. The molecule has 0 heterocycles. The predicted molar refractivity (Wildman–Crippen MR) is 90.2 cm³/mol. The van der Waals surface area contributed by atoms with Crippen LogP contribution in [0, 0.1) is 0 Å². The highest BCUT2D eigenvalue weighted by atomic mass is 79.9. The molecule has 2 aromatic rings. The van der Waals surface area contributed by atoms with Gasteiger partial charge in [0.05, 0.1) is 11.6 Å². The van der Waals surface area contributed by atoms with Crippen molar-refractivity contribution < 1.29 is 9.84 Å². The molecule has 21 heavy (non-hydrogen) atoms. The molecule has 0 atom stereocenters. The maximum absolute atomic E-state index is 9.83. The van der Waals surface area contributed by atoms with Crippen molar-refractivity contribution in [2.45, 2.75) is 26.3 Å². The minimum absolute atomic E-state index is 0.129. The molecule has 0 saturated heterocycles. The van der Waals surface area contributed by atoms with Gasteiger partial charge in [-0.05, 0) is 51.2 Å². The van der Waals surface area contributed by atoms with E-state index >= 15 is 0 Å². The van der Waals surface area contributed by atoms with E-state index < -0.39 is 0 Å². The highest BCUT2D eigenvalue weighted by Gasteiger charge is 2.10. The highest BCUT2D eigenvalue weighted by molar-refractivity contribution is 9.10. The molecule has 2 rings (SSSR count). The first kappa shape index (κ1) is 15.7. The molecular formula is C17H20BrNO2. The molecule has 0 aliphatic heterocycles. The third-order valence-electron chi connectivity index (χ3n) is 3.37. The van der Waals surface area contributed by atoms with E-state index in [0.717, 1.165) is 11.3 Å². The third kappa shape index (κ3) is 3.70. The molecule has 0 saturated carbocycles. The molecule has 2 N–H and O–H groups in total. The largest absolute Gasteiger partial charge is 0.503 e. The molecule has 112 valence electrons. The van der Waals surface area contributed by atoms with E-state index in [9.17, 15) is 5.11 Å². The van der Waals surface area contributed by atoms with Crippen LogP contribution in [0.4, 0.5) is 5.69 Å². The molecule has 0 radical (unpaired) electrons. The second kappa shape index (κ2) is 6.85. The number of para-hydroxylation sites is 1. The molecule has 0 unspecified atom stereocenters. The number of rotatable bonds is 5. The monoisotopic (exact) mass is 349 g/mol. The van der Waals surface area contributed by atoms with Crippen LogP contribution in [-0.2, 0) is 6.54 Å². The molecule has 0 bridgehead atoms. The topological polar surface area (TPSA) is 41.5 Å². The number of hydrogen-bond donors (Lipinski definition) is 2. The van der Waals surface area contributed by atoms with Crippen LogP contribution < -0.4 is 10.1 Å². The maximum Gasteiger partial charge on any atom is 0.172 e. The van der Waals surface area contributed by atoms with Gasteiger partial charge in [0.2, 0.25) is 0 Å². The Kier molecular flexibility index (Phi) is 5.12. The van der Waals surface area contributed by atoms with Crippen LogP contribution in [0.5, 0.6) is 11.5 Å². The number of nitrogens with one attached hydrogen (secondary N) is 1. The lowest BCUT2D eigenvalue weighted by molar-refractivity contribution is 0.371. The van der Waals surface area contributed by atoms with Crippen molar-refractivity contribution >= 4 is 21.6 Å². The van der Waals surface area contributed by atoms with Gasteiger partial charge in [-0.2, -0.15) is 0 Å². The summed E-state index contributed by atoms with van der Waals surface area (Å²) >= 11 is 3.34. The molecule has 0 aliphatic carbocycles. The summed E-state index contributed by atoms with van der Waals surface area (Å²) in [4.78, 5) is 0. The average Bonchev–Trinajstić information content (AvgIpc) is 2.48. The fraction of sp³-hybridized carbons (Fsp3) is 0.294. The summed E-state index contributed by atoms with van der Waals surface area (Å²) in [5.41, 5.74) is 3.47. The summed E-state index contributed by atoms with van der Waals surface area (Å²) in [6.07, 6.45) is 0. The van der Waals surface area contributed by atoms with Crippen molar-refractivity contribution in [1.29, 1.82) is 0 Å². The molecule has 0 spiro atoms. The smallest absolute Gasteiger partial charge is 0.172 e. The second-order valence-corrected chi connectivity index (χ2v) is 6.08. The Hall–Kier alpha value is -1.68. The number of halogens is 1. The summed E-state index contributed by atoms with van der Waals surface area (Å²) in [5.74, 6) is 1.07. The number of phenols is 1. The van der Waals surface area contributed by atoms with Gasteiger partial charge in [-0.1, -0.05) is 32.0 Å². The van der Waals surface area contributed by atoms with Crippen molar-refractivity contribution in [3.05, 3.63) is 52.0 Å². The van der Waals surface area contributed by atoms with Gasteiger partial charge in [-0.15, -0.1) is 0 Å². The minimum atomic E-state index is 0.129. The van der Waals surface area contributed by atoms with Gasteiger partial charge in [-0.25, -0.2) is 0 Å². The SMILES string of the molecule is COc1cc(CNc2ccccc2C(C)C)cc(Br)c1O. The zero-order valence-electron chi connectivity index (χ0n) is 12.5. The van der Waals surface area contributed by atoms with Crippen molar-refractivity contribution in [1.82, 2.24) is 0 Å². The first-order valence-electron chi connectivity index (χ1n) is 6.91. The normalized spacial score (nSPS) is 10.7. The maximum atomic E-state index is 9.83. The predicted octanol–water partition coefficient (Wildman–Crippen LogP) is 4.90. The first-order valence-corrected chi connectivity index (χ1v) is 7.70. The molecular weight excluding hydrogens is 330 g/mol. The number of ether oxygens (including phenoxy) is 1. The number of methoxy groups -OCH3 is 1. The molecule has 0 aromatic heterocycles. The lowest BCUT2D eigenvalue weighted by Gasteiger charge is -2.15. The Labute approximate surface area is 134 Å². The van der Waals surface area contributed by atoms with Crippen LogP contribution in [0.2, 0.25) is 0 Å². The zero-order valence-corrected chi connectivity index (χ0v) is 14.1. The number of hydrogen-bond acceptors (Lipinski definition) is 3. The Morgan fingerprint density at radius 1 is 1.24 bits per heavy atom. The highest BCUT2D eigenvalue weighted by Crippen LogP contribution is 2.35. The van der Waals surface area contributed by atoms with Crippen molar-refractivity contribution in [3.63, 3.8) is 0 Å². The van der Waals surface area contributed by atoms with Crippen LogP contribution in [0.15, 0.2) is 40.9 Å². The van der Waals surface area contributed by atoms with Crippen molar-refractivity contribution in [2.75, 3.05) is 12.4 Å². The van der Waals surface area contributed by atoms with Gasteiger partial charge in [0.15, 0.2) is 11.5 Å². The summed E-state index contributed by atoms with van der Waals surface area (Å²) in [6, 6.07) is 12.0. The van der Waals surface area contributed by atoms with E-state index in [4.69, 9.17) is 4.74 Å². The first-order chi connectivity index (χ1) is 10.0. The van der Waals surface area contributed by atoms with Crippen LogP contribution in [-0.4, -0.2) is 12.2 Å². The van der Waals surface area contributed by atoms with Crippen molar-refractivity contribution in [3.8, 4) is 11.5 Å². The van der Waals surface area contributed by atoms with Crippen molar-refractivity contribution in [2.24, 2.45) is 0 Å². The number of phenolic OH excluding ortho intramolecular Hbond substituents is 1.